The van der Waals surface area contributed by atoms with Gasteiger partial charge in [-0.05, 0) is 50.8 Å². The number of nitrogens with zero attached hydrogens (tertiary/aromatic N) is 2. The third-order valence-electron chi connectivity index (χ3n) is 6.10. The van der Waals surface area contributed by atoms with E-state index in [0.717, 1.165) is 30.6 Å². The van der Waals surface area contributed by atoms with Crippen molar-refractivity contribution in [3.8, 4) is 0 Å². The van der Waals surface area contributed by atoms with E-state index in [1.165, 1.54) is 52.0 Å². The normalized spacial score (nSPS) is 32.3. The summed E-state index contributed by atoms with van der Waals surface area (Å²) >= 11 is 0. The number of ether oxygens (including phenoxy) is 1. The van der Waals surface area contributed by atoms with Crippen molar-refractivity contribution in [1.82, 2.24) is 9.80 Å². The van der Waals surface area contributed by atoms with E-state index in [4.69, 9.17) is 9.15 Å². The van der Waals surface area contributed by atoms with E-state index in [2.05, 4.69) is 21.9 Å². The average Bonchev–Trinajstić information content (AvgIpc) is 2.94. The molecule has 1 aromatic rings. The van der Waals surface area contributed by atoms with E-state index in [9.17, 15) is 0 Å². The first kappa shape index (κ1) is 15.7. The number of rotatable bonds is 6. The summed E-state index contributed by atoms with van der Waals surface area (Å²) < 4.78 is 11.4. The van der Waals surface area contributed by atoms with Gasteiger partial charge in [-0.25, -0.2) is 0 Å². The van der Waals surface area contributed by atoms with Crippen molar-refractivity contribution >= 4 is 0 Å². The quantitative estimate of drug-likeness (QED) is 0.806. The Kier molecular flexibility index (Phi) is 4.24. The topological polar surface area (TPSA) is 28.9 Å². The summed E-state index contributed by atoms with van der Waals surface area (Å²) in [7, 11) is 1.86. The lowest BCUT2D eigenvalue weighted by Crippen LogP contribution is -2.36. The first-order valence-electron chi connectivity index (χ1n) is 9.16. The maximum Gasteiger partial charge on any atom is 0.118 e. The van der Waals surface area contributed by atoms with Gasteiger partial charge in [0.25, 0.3) is 0 Å². The highest BCUT2D eigenvalue weighted by atomic mass is 16.5. The SMILES string of the molecule is COC[C@@H]1CN(CC2CC2)C[C@@]12CCN(Cc1ccc(C)o1)C2. The monoisotopic (exact) mass is 318 g/mol. The van der Waals surface area contributed by atoms with Crippen LogP contribution in [0, 0.1) is 24.2 Å². The minimum Gasteiger partial charge on any atom is -0.465 e. The van der Waals surface area contributed by atoms with Crippen molar-refractivity contribution in [2.75, 3.05) is 46.4 Å². The van der Waals surface area contributed by atoms with Gasteiger partial charge in [0.05, 0.1) is 13.2 Å². The maximum absolute atomic E-state index is 5.78. The molecule has 0 unspecified atom stereocenters. The predicted molar refractivity (Wildman–Crippen MR) is 90.3 cm³/mol. The highest BCUT2D eigenvalue weighted by Crippen LogP contribution is 2.45. The van der Waals surface area contributed by atoms with E-state index in [-0.39, 0.29) is 0 Å². The lowest BCUT2D eigenvalue weighted by molar-refractivity contribution is 0.0952. The Morgan fingerprint density at radius 1 is 1.26 bits per heavy atom. The third-order valence-corrected chi connectivity index (χ3v) is 6.10. The zero-order chi connectivity index (χ0) is 15.9. The first-order valence-corrected chi connectivity index (χ1v) is 9.16. The van der Waals surface area contributed by atoms with Crippen LogP contribution in [-0.2, 0) is 11.3 Å². The number of methoxy groups -OCH3 is 1. The van der Waals surface area contributed by atoms with Crippen LogP contribution in [0.15, 0.2) is 16.5 Å². The van der Waals surface area contributed by atoms with E-state index in [0.29, 0.717) is 11.3 Å². The molecule has 1 saturated carbocycles. The fourth-order valence-electron chi connectivity index (χ4n) is 4.75. The van der Waals surface area contributed by atoms with Crippen LogP contribution in [0.2, 0.25) is 0 Å². The van der Waals surface area contributed by atoms with Crippen LogP contribution in [0.1, 0.15) is 30.8 Å². The molecule has 1 aromatic heterocycles. The Balaban J connectivity index is 1.41. The molecule has 1 aliphatic carbocycles. The van der Waals surface area contributed by atoms with Crippen LogP contribution in [0.3, 0.4) is 0 Å². The molecule has 3 fully saturated rings. The van der Waals surface area contributed by atoms with Crippen LogP contribution in [-0.4, -0.2) is 56.2 Å². The van der Waals surface area contributed by atoms with Gasteiger partial charge in [-0.3, -0.25) is 4.90 Å². The van der Waals surface area contributed by atoms with Gasteiger partial charge < -0.3 is 14.1 Å². The van der Waals surface area contributed by atoms with Crippen molar-refractivity contribution in [2.45, 2.75) is 32.7 Å². The molecule has 23 heavy (non-hydrogen) atoms. The molecule has 2 atom stereocenters. The zero-order valence-corrected chi connectivity index (χ0v) is 14.6. The van der Waals surface area contributed by atoms with E-state index < -0.39 is 0 Å². The van der Waals surface area contributed by atoms with Crippen LogP contribution in [0.4, 0.5) is 0 Å². The number of likely N-dealkylation sites (tertiary alicyclic amines) is 2. The molecular weight excluding hydrogens is 288 g/mol. The Hall–Kier alpha value is -0.840. The lowest BCUT2D eigenvalue weighted by atomic mass is 9.77. The minimum absolute atomic E-state index is 0.437. The Morgan fingerprint density at radius 2 is 2.09 bits per heavy atom. The van der Waals surface area contributed by atoms with Crippen LogP contribution < -0.4 is 0 Å². The van der Waals surface area contributed by atoms with Gasteiger partial charge in [0.2, 0.25) is 0 Å². The van der Waals surface area contributed by atoms with Crippen molar-refractivity contribution in [2.24, 2.45) is 17.3 Å². The van der Waals surface area contributed by atoms with Crippen molar-refractivity contribution in [3.63, 3.8) is 0 Å². The van der Waals surface area contributed by atoms with E-state index in [1.54, 1.807) is 0 Å². The molecule has 0 aromatic carbocycles. The lowest BCUT2D eigenvalue weighted by Gasteiger charge is -2.30. The Labute approximate surface area is 139 Å². The Morgan fingerprint density at radius 3 is 2.78 bits per heavy atom. The molecule has 4 nitrogen and oxygen atoms in total. The molecule has 1 spiro atoms. The molecule has 0 N–H and O–H groups in total. The Bertz CT molecular complexity index is 539. The molecule has 0 radical (unpaired) electrons. The minimum atomic E-state index is 0.437. The summed E-state index contributed by atoms with van der Waals surface area (Å²) in [5, 5.41) is 0. The number of hydrogen-bond donors (Lipinski definition) is 0. The zero-order valence-electron chi connectivity index (χ0n) is 14.6. The average molecular weight is 318 g/mol. The van der Waals surface area contributed by atoms with Gasteiger partial charge in [0, 0.05) is 44.6 Å². The number of furan rings is 1. The summed E-state index contributed by atoms with van der Waals surface area (Å²) in [6.07, 6.45) is 4.20. The van der Waals surface area contributed by atoms with E-state index in [1.807, 2.05) is 14.0 Å². The molecule has 128 valence electrons. The second-order valence-electron chi connectivity index (χ2n) is 8.13. The van der Waals surface area contributed by atoms with Crippen LogP contribution in [0.5, 0.6) is 0 Å². The highest BCUT2D eigenvalue weighted by Gasteiger charge is 2.50. The maximum atomic E-state index is 5.78. The smallest absolute Gasteiger partial charge is 0.118 e. The number of aryl methyl sites for hydroxylation is 1. The molecule has 2 aliphatic heterocycles. The van der Waals surface area contributed by atoms with E-state index >= 15 is 0 Å². The summed E-state index contributed by atoms with van der Waals surface area (Å²) in [6.45, 7) is 10.1. The molecule has 3 heterocycles. The standard InChI is InChI=1S/C19H30N2O2/c1-15-3-6-18(23-15)11-20-8-7-19(13-20)14-21(9-16-4-5-16)10-17(19)12-22-2/h3,6,16-17H,4-5,7-14H2,1-2H3/t17-,19-/m0/s1. The molecule has 4 heteroatoms. The second kappa shape index (κ2) is 6.23. The second-order valence-corrected chi connectivity index (χ2v) is 8.13. The predicted octanol–water partition coefficient (Wildman–Crippen LogP) is 2.77. The van der Waals surface area contributed by atoms with Crippen molar-refractivity contribution in [1.29, 1.82) is 0 Å². The molecular formula is C19H30N2O2. The highest BCUT2D eigenvalue weighted by molar-refractivity contribution is 5.08. The molecule has 0 amide bonds. The molecule has 3 aliphatic rings. The summed E-state index contributed by atoms with van der Waals surface area (Å²) in [5.41, 5.74) is 0.437. The van der Waals surface area contributed by atoms with Crippen molar-refractivity contribution in [3.05, 3.63) is 23.7 Å². The van der Waals surface area contributed by atoms with Crippen molar-refractivity contribution < 1.29 is 9.15 Å². The first-order chi connectivity index (χ1) is 11.2. The van der Waals surface area contributed by atoms with Gasteiger partial charge in [-0.2, -0.15) is 0 Å². The van der Waals surface area contributed by atoms with Crippen LogP contribution >= 0.6 is 0 Å². The molecule has 4 rings (SSSR count). The van der Waals surface area contributed by atoms with Gasteiger partial charge in [0.1, 0.15) is 11.5 Å². The molecule has 0 bridgehead atoms. The summed E-state index contributed by atoms with van der Waals surface area (Å²) in [5.74, 6) is 3.80. The van der Waals surface area contributed by atoms with Gasteiger partial charge in [-0.15, -0.1) is 0 Å². The molecule has 2 saturated heterocycles. The summed E-state index contributed by atoms with van der Waals surface area (Å²) in [6, 6.07) is 4.20. The fraction of sp³-hybridized carbons (Fsp3) is 0.789. The van der Waals surface area contributed by atoms with Gasteiger partial charge in [-0.1, -0.05) is 0 Å². The van der Waals surface area contributed by atoms with Crippen LogP contribution in [0.25, 0.3) is 0 Å². The summed E-state index contributed by atoms with van der Waals surface area (Å²) in [4.78, 5) is 5.31. The largest absolute Gasteiger partial charge is 0.465 e. The van der Waals surface area contributed by atoms with Gasteiger partial charge in [0.15, 0.2) is 0 Å². The van der Waals surface area contributed by atoms with Gasteiger partial charge >= 0.3 is 0 Å². The third kappa shape index (κ3) is 3.35. The number of hydrogen-bond acceptors (Lipinski definition) is 4. The fourth-order valence-corrected chi connectivity index (χ4v) is 4.75.